The van der Waals surface area contributed by atoms with E-state index in [1.54, 1.807) is 36.5 Å². The summed E-state index contributed by atoms with van der Waals surface area (Å²) < 4.78 is 45.4. The lowest BCUT2D eigenvalue weighted by Crippen LogP contribution is -2.15. The van der Waals surface area contributed by atoms with Gasteiger partial charge in [-0.1, -0.05) is 12.1 Å². The van der Waals surface area contributed by atoms with E-state index in [0.717, 1.165) is 6.07 Å². The summed E-state index contributed by atoms with van der Waals surface area (Å²) in [7, 11) is 0. The van der Waals surface area contributed by atoms with Crippen LogP contribution in [-0.2, 0) is 6.18 Å². The molecule has 0 atom stereocenters. The second-order valence-corrected chi connectivity index (χ2v) is 5.20. The molecule has 1 aromatic carbocycles. The summed E-state index contributed by atoms with van der Waals surface area (Å²) in [5.41, 5.74) is -1.24. The number of nitriles is 1. The Balaban J connectivity index is 1.98. The molecule has 0 aliphatic heterocycles. The van der Waals surface area contributed by atoms with Gasteiger partial charge in [0, 0.05) is 24.4 Å². The van der Waals surface area contributed by atoms with E-state index in [4.69, 9.17) is 10.00 Å². The van der Waals surface area contributed by atoms with Crippen LogP contribution in [0, 0.1) is 11.3 Å². The normalized spacial score (nSPS) is 11.0. The standard InChI is InChI=1S/C18H10F3N3O2/c19-18(20,21)15-8-12(11-22)9-16(23-15)26-14-5-3-4-13(10-14)24-7-2-1-6-17(24)25/h1-10H. The van der Waals surface area contributed by atoms with Crippen LogP contribution >= 0.6 is 0 Å². The van der Waals surface area contributed by atoms with Crippen molar-refractivity contribution in [2.24, 2.45) is 0 Å². The van der Waals surface area contributed by atoms with Gasteiger partial charge in [0.1, 0.15) is 11.4 Å². The Morgan fingerprint density at radius 2 is 1.88 bits per heavy atom. The average molecular weight is 357 g/mol. The molecular weight excluding hydrogens is 347 g/mol. The highest BCUT2D eigenvalue weighted by molar-refractivity contribution is 5.42. The quantitative estimate of drug-likeness (QED) is 0.713. The highest BCUT2D eigenvalue weighted by atomic mass is 19.4. The molecule has 5 nitrogen and oxygen atoms in total. The SMILES string of the molecule is N#Cc1cc(Oc2cccc(-n3ccccc3=O)c2)nc(C(F)(F)F)c1. The van der Waals surface area contributed by atoms with Crippen LogP contribution in [-0.4, -0.2) is 9.55 Å². The second-order valence-electron chi connectivity index (χ2n) is 5.20. The summed E-state index contributed by atoms with van der Waals surface area (Å²) in [4.78, 5) is 15.3. The van der Waals surface area contributed by atoms with Crippen LogP contribution in [0.25, 0.3) is 5.69 Å². The predicted molar refractivity (Wildman–Crippen MR) is 86.1 cm³/mol. The lowest BCUT2D eigenvalue weighted by Gasteiger charge is -2.11. The Bertz CT molecular complexity index is 1050. The summed E-state index contributed by atoms with van der Waals surface area (Å²) in [5, 5.41) is 8.90. The number of pyridine rings is 2. The fourth-order valence-electron chi connectivity index (χ4n) is 2.23. The van der Waals surface area contributed by atoms with E-state index in [1.807, 2.05) is 0 Å². The molecule has 0 unspecified atom stereocenters. The van der Waals surface area contributed by atoms with E-state index >= 15 is 0 Å². The van der Waals surface area contributed by atoms with Crippen molar-refractivity contribution in [3.8, 4) is 23.4 Å². The third-order valence-corrected chi connectivity index (χ3v) is 3.36. The fourth-order valence-corrected chi connectivity index (χ4v) is 2.23. The number of ether oxygens (including phenoxy) is 1. The maximum atomic E-state index is 12.9. The molecule has 0 aliphatic rings. The average Bonchev–Trinajstić information content (AvgIpc) is 2.61. The van der Waals surface area contributed by atoms with E-state index in [2.05, 4.69) is 4.98 Å². The summed E-state index contributed by atoms with van der Waals surface area (Å²) in [6, 6.07) is 14.3. The third kappa shape index (κ3) is 3.72. The van der Waals surface area contributed by atoms with Crippen molar-refractivity contribution < 1.29 is 17.9 Å². The van der Waals surface area contributed by atoms with E-state index in [0.29, 0.717) is 11.8 Å². The van der Waals surface area contributed by atoms with Crippen molar-refractivity contribution in [2.45, 2.75) is 6.18 Å². The van der Waals surface area contributed by atoms with Crippen LogP contribution in [0.2, 0.25) is 0 Å². The molecule has 0 aliphatic carbocycles. The summed E-state index contributed by atoms with van der Waals surface area (Å²) in [6.45, 7) is 0. The number of benzene rings is 1. The number of hydrogen-bond donors (Lipinski definition) is 0. The number of alkyl halides is 3. The van der Waals surface area contributed by atoms with Gasteiger partial charge in [0.05, 0.1) is 17.3 Å². The van der Waals surface area contributed by atoms with Gasteiger partial charge >= 0.3 is 6.18 Å². The van der Waals surface area contributed by atoms with Gasteiger partial charge in [-0.25, -0.2) is 4.98 Å². The van der Waals surface area contributed by atoms with Gasteiger partial charge in [0.25, 0.3) is 5.56 Å². The van der Waals surface area contributed by atoms with Gasteiger partial charge in [-0.05, 0) is 24.3 Å². The van der Waals surface area contributed by atoms with Crippen molar-refractivity contribution in [1.29, 1.82) is 5.26 Å². The molecular formula is C18H10F3N3O2. The topological polar surface area (TPSA) is 67.9 Å². The van der Waals surface area contributed by atoms with Crippen molar-refractivity contribution in [2.75, 3.05) is 0 Å². The maximum absolute atomic E-state index is 12.9. The minimum Gasteiger partial charge on any atom is -0.439 e. The first-order valence-corrected chi connectivity index (χ1v) is 7.32. The molecule has 2 aromatic heterocycles. The zero-order valence-electron chi connectivity index (χ0n) is 13.1. The zero-order valence-corrected chi connectivity index (χ0v) is 13.1. The zero-order chi connectivity index (χ0) is 18.7. The Labute approximate surface area is 145 Å². The van der Waals surface area contributed by atoms with Crippen molar-refractivity contribution in [3.05, 3.63) is 82.4 Å². The molecule has 0 N–H and O–H groups in total. The number of halogens is 3. The van der Waals surface area contributed by atoms with Crippen LogP contribution in [0.1, 0.15) is 11.3 Å². The fraction of sp³-hybridized carbons (Fsp3) is 0.0556. The van der Waals surface area contributed by atoms with Crippen LogP contribution in [0.15, 0.2) is 65.6 Å². The first-order chi connectivity index (χ1) is 12.4. The van der Waals surface area contributed by atoms with Gasteiger partial charge in [0.15, 0.2) is 0 Å². The van der Waals surface area contributed by atoms with Gasteiger partial charge in [-0.2, -0.15) is 18.4 Å². The molecule has 8 heteroatoms. The van der Waals surface area contributed by atoms with Crippen LogP contribution in [0.4, 0.5) is 13.2 Å². The molecule has 0 spiro atoms. The van der Waals surface area contributed by atoms with E-state index in [1.165, 1.54) is 22.8 Å². The Morgan fingerprint density at radius 1 is 1.08 bits per heavy atom. The summed E-state index contributed by atoms with van der Waals surface area (Å²) >= 11 is 0. The molecule has 26 heavy (non-hydrogen) atoms. The Kier molecular flexibility index (Phi) is 4.45. The van der Waals surface area contributed by atoms with Crippen molar-refractivity contribution in [1.82, 2.24) is 9.55 Å². The predicted octanol–water partition coefficient (Wildman–Crippen LogP) is 3.92. The molecule has 0 saturated heterocycles. The minimum atomic E-state index is -4.70. The second kappa shape index (κ2) is 6.72. The third-order valence-electron chi connectivity index (χ3n) is 3.36. The largest absolute Gasteiger partial charge is 0.439 e. The highest BCUT2D eigenvalue weighted by Crippen LogP contribution is 2.31. The maximum Gasteiger partial charge on any atom is 0.433 e. The first kappa shape index (κ1) is 17.2. The Morgan fingerprint density at radius 3 is 2.58 bits per heavy atom. The molecule has 0 fully saturated rings. The van der Waals surface area contributed by atoms with Gasteiger partial charge in [0.2, 0.25) is 5.88 Å². The molecule has 0 radical (unpaired) electrons. The van der Waals surface area contributed by atoms with Gasteiger partial charge in [-0.15, -0.1) is 0 Å². The molecule has 2 heterocycles. The van der Waals surface area contributed by atoms with Crippen LogP contribution < -0.4 is 10.3 Å². The highest BCUT2D eigenvalue weighted by Gasteiger charge is 2.33. The summed E-state index contributed by atoms with van der Waals surface area (Å²) in [5.74, 6) is -0.192. The number of nitrogens with zero attached hydrogens (tertiary/aromatic N) is 3. The molecule has 3 rings (SSSR count). The number of rotatable bonds is 3. The van der Waals surface area contributed by atoms with Crippen LogP contribution in [0.3, 0.4) is 0 Å². The molecule has 130 valence electrons. The smallest absolute Gasteiger partial charge is 0.433 e. The molecule has 0 amide bonds. The van der Waals surface area contributed by atoms with Gasteiger partial charge in [-0.3, -0.25) is 9.36 Å². The van der Waals surface area contributed by atoms with Crippen molar-refractivity contribution in [3.63, 3.8) is 0 Å². The monoisotopic (exact) mass is 357 g/mol. The van der Waals surface area contributed by atoms with E-state index < -0.39 is 11.9 Å². The molecule has 0 saturated carbocycles. The number of hydrogen-bond acceptors (Lipinski definition) is 4. The minimum absolute atomic E-state index is 0.175. The molecule has 3 aromatic rings. The Hall–Kier alpha value is -3.60. The van der Waals surface area contributed by atoms with E-state index in [9.17, 15) is 18.0 Å². The molecule has 0 bridgehead atoms. The number of aromatic nitrogens is 2. The lowest BCUT2D eigenvalue weighted by molar-refractivity contribution is -0.141. The lowest BCUT2D eigenvalue weighted by atomic mass is 10.2. The van der Waals surface area contributed by atoms with E-state index in [-0.39, 0.29) is 22.8 Å². The first-order valence-electron chi connectivity index (χ1n) is 7.32. The van der Waals surface area contributed by atoms with Crippen molar-refractivity contribution >= 4 is 0 Å². The van der Waals surface area contributed by atoms with Crippen LogP contribution in [0.5, 0.6) is 11.6 Å². The summed E-state index contributed by atoms with van der Waals surface area (Å²) in [6.07, 6.45) is -3.15. The van der Waals surface area contributed by atoms with Gasteiger partial charge < -0.3 is 4.74 Å².